The van der Waals surface area contributed by atoms with Crippen molar-refractivity contribution in [3.8, 4) is 0 Å². The van der Waals surface area contributed by atoms with E-state index < -0.39 is 10.7 Å². The standard InChI is InChI=1S/C8H16O2S/c9-11(10)7-8-5-3-1-2-4-6-8/h8,11H,1-7H2. The summed E-state index contributed by atoms with van der Waals surface area (Å²) in [6.45, 7) is 0. The number of thiol groups is 1. The fourth-order valence-electron chi connectivity index (χ4n) is 1.76. The van der Waals surface area contributed by atoms with Crippen LogP contribution in [-0.2, 0) is 10.7 Å². The first kappa shape index (κ1) is 9.04. The van der Waals surface area contributed by atoms with Crippen molar-refractivity contribution >= 4 is 10.7 Å². The molecule has 1 aliphatic carbocycles. The van der Waals surface area contributed by atoms with Crippen LogP contribution in [0, 0.1) is 5.92 Å². The van der Waals surface area contributed by atoms with Crippen LogP contribution in [0.15, 0.2) is 0 Å². The van der Waals surface area contributed by atoms with E-state index in [0.29, 0.717) is 11.7 Å². The smallest absolute Gasteiger partial charge is 0.140 e. The van der Waals surface area contributed by atoms with Crippen LogP contribution in [0.4, 0.5) is 0 Å². The number of rotatable bonds is 2. The van der Waals surface area contributed by atoms with Crippen molar-refractivity contribution in [3.05, 3.63) is 0 Å². The average Bonchev–Trinajstić information content (AvgIpc) is 2.14. The Morgan fingerprint density at radius 3 is 2.00 bits per heavy atom. The first-order valence-corrected chi connectivity index (χ1v) is 5.77. The van der Waals surface area contributed by atoms with Crippen LogP contribution in [0.25, 0.3) is 0 Å². The largest absolute Gasteiger partial charge is 0.232 e. The van der Waals surface area contributed by atoms with Gasteiger partial charge in [0.15, 0.2) is 0 Å². The monoisotopic (exact) mass is 176 g/mol. The van der Waals surface area contributed by atoms with Gasteiger partial charge in [-0.2, -0.15) is 0 Å². The van der Waals surface area contributed by atoms with Gasteiger partial charge in [0.25, 0.3) is 0 Å². The van der Waals surface area contributed by atoms with Crippen LogP contribution in [0.1, 0.15) is 38.5 Å². The van der Waals surface area contributed by atoms with Crippen molar-refractivity contribution in [3.63, 3.8) is 0 Å². The molecule has 0 unspecified atom stereocenters. The second-order valence-corrected chi connectivity index (χ2v) is 4.40. The molecular formula is C8H16O2S. The van der Waals surface area contributed by atoms with E-state index in [2.05, 4.69) is 0 Å². The Bertz CT molecular complexity index is 159. The molecular weight excluding hydrogens is 160 g/mol. The second kappa shape index (κ2) is 4.75. The Labute approximate surface area is 69.9 Å². The Kier molecular flexibility index (Phi) is 3.91. The second-order valence-electron chi connectivity index (χ2n) is 3.37. The van der Waals surface area contributed by atoms with Gasteiger partial charge in [-0.1, -0.05) is 25.7 Å². The first-order chi connectivity index (χ1) is 5.29. The van der Waals surface area contributed by atoms with Crippen molar-refractivity contribution in [2.24, 2.45) is 5.92 Å². The fraction of sp³-hybridized carbons (Fsp3) is 1.00. The van der Waals surface area contributed by atoms with Gasteiger partial charge in [0.2, 0.25) is 0 Å². The summed E-state index contributed by atoms with van der Waals surface area (Å²) in [5.41, 5.74) is 0. The summed E-state index contributed by atoms with van der Waals surface area (Å²) in [7, 11) is -2.14. The molecule has 0 spiro atoms. The normalized spacial score (nSPS) is 21.9. The minimum Gasteiger partial charge on any atom is -0.232 e. The molecule has 11 heavy (non-hydrogen) atoms. The lowest BCUT2D eigenvalue weighted by atomic mass is 10.0. The minimum atomic E-state index is -2.14. The Balaban J connectivity index is 2.30. The third-order valence-electron chi connectivity index (χ3n) is 2.38. The lowest BCUT2D eigenvalue weighted by Gasteiger charge is -2.07. The molecule has 1 rings (SSSR count). The maximum absolute atomic E-state index is 10.4. The van der Waals surface area contributed by atoms with Gasteiger partial charge in [-0.15, -0.1) is 0 Å². The van der Waals surface area contributed by atoms with Gasteiger partial charge in [0.05, 0.1) is 5.75 Å². The molecule has 0 saturated heterocycles. The highest BCUT2D eigenvalue weighted by Crippen LogP contribution is 2.22. The summed E-state index contributed by atoms with van der Waals surface area (Å²) in [5, 5.41) is 0. The van der Waals surface area contributed by atoms with Crippen molar-refractivity contribution in [2.45, 2.75) is 38.5 Å². The summed E-state index contributed by atoms with van der Waals surface area (Å²) in [5.74, 6) is 0.897. The van der Waals surface area contributed by atoms with Crippen LogP contribution in [0.5, 0.6) is 0 Å². The molecule has 0 aromatic carbocycles. The molecule has 1 aliphatic rings. The molecule has 0 aromatic rings. The molecule has 0 amide bonds. The van der Waals surface area contributed by atoms with Crippen LogP contribution in [0.3, 0.4) is 0 Å². The molecule has 0 aliphatic heterocycles. The van der Waals surface area contributed by atoms with Gasteiger partial charge >= 0.3 is 0 Å². The number of hydrogen-bond donors (Lipinski definition) is 1. The summed E-state index contributed by atoms with van der Waals surface area (Å²) in [6, 6.07) is 0. The average molecular weight is 176 g/mol. The van der Waals surface area contributed by atoms with Crippen LogP contribution in [0.2, 0.25) is 0 Å². The van der Waals surface area contributed by atoms with Crippen molar-refractivity contribution in [1.29, 1.82) is 0 Å². The highest BCUT2D eigenvalue weighted by atomic mass is 32.2. The highest BCUT2D eigenvalue weighted by molar-refractivity contribution is 7.72. The molecule has 2 nitrogen and oxygen atoms in total. The van der Waals surface area contributed by atoms with E-state index >= 15 is 0 Å². The van der Waals surface area contributed by atoms with E-state index in [1.165, 1.54) is 25.7 Å². The van der Waals surface area contributed by atoms with Gasteiger partial charge in [0, 0.05) is 0 Å². The topological polar surface area (TPSA) is 34.1 Å². The molecule has 0 radical (unpaired) electrons. The molecule has 1 fully saturated rings. The van der Waals surface area contributed by atoms with Crippen molar-refractivity contribution in [1.82, 2.24) is 0 Å². The molecule has 1 saturated carbocycles. The van der Waals surface area contributed by atoms with E-state index in [1.807, 2.05) is 0 Å². The van der Waals surface area contributed by atoms with Gasteiger partial charge < -0.3 is 0 Å². The van der Waals surface area contributed by atoms with E-state index in [9.17, 15) is 8.42 Å². The van der Waals surface area contributed by atoms with E-state index in [0.717, 1.165) is 12.8 Å². The molecule has 0 N–H and O–H groups in total. The summed E-state index contributed by atoms with van der Waals surface area (Å²) >= 11 is 0. The van der Waals surface area contributed by atoms with Gasteiger partial charge in [-0.3, -0.25) is 0 Å². The predicted molar refractivity (Wildman–Crippen MR) is 46.4 cm³/mol. The maximum Gasteiger partial charge on any atom is 0.140 e. The third kappa shape index (κ3) is 3.75. The van der Waals surface area contributed by atoms with Crippen molar-refractivity contribution in [2.75, 3.05) is 5.75 Å². The fourth-order valence-corrected chi connectivity index (χ4v) is 2.54. The summed E-state index contributed by atoms with van der Waals surface area (Å²) < 4.78 is 20.8. The summed E-state index contributed by atoms with van der Waals surface area (Å²) in [6.07, 6.45) is 7.31. The summed E-state index contributed by atoms with van der Waals surface area (Å²) in [4.78, 5) is 0. The van der Waals surface area contributed by atoms with E-state index in [-0.39, 0.29) is 0 Å². The van der Waals surface area contributed by atoms with Gasteiger partial charge in [-0.25, -0.2) is 8.42 Å². The Hall–Kier alpha value is -0.0500. The van der Waals surface area contributed by atoms with Gasteiger partial charge in [-0.05, 0) is 18.8 Å². The van der Waals surface area contributed by atoms with E-state index in [1.54, 1.807) is 0 Å². The van der Waals surface area contributed by atoms with Crippen LogP contribution >= 0.6 is 0 Å². The molecule has 0 bridgehead atoms. The Morgan fingerprint density at radius 2 is 1.55 bits per heavy atom. The maximum atomic E-state index is 10.4. The molecule has 66 valence electrons. The molecule has 0 heterocycles. The Morgan fingerprint density at radius 1 is 1.00 bits per heavy atom. The first-order valence-electron chi connectivity index (χ1n) is 4.41. The predicted octanol–water partition coefficient (Wildman–Crippen LogP) is 1.57. The van der Waals surface area contributed by atoms with Crippen LogP contribution < -0.4 is 0 Å². The molecule has 0 atom stereocenters. The molecule has 0 aromatic heterocycles. The van der Waals surface area contributed by atoms with Crippen LogP contribution in [-0.4, -0.2) is 14.2 Å². The van der Waals surface area contributed by atoms with E-state index in [4.69, 9.17) is 0 Å². The lowest BCUT2D eigenvalue weighted by Crippen LogP contribution is -2.05. The minimum absolute atomic E-state index is 0.426. The quantitative estimate of drug-likeness (QED) is 0.512. The zero-order valence-electron chi connectivity index (χ0n) is 6.79. The van der Waals surface area contributed by atoms with Crippen molar-refractivity contribution < 1.29 is 8.42 Å². The third-order valence-corrected chi connectivity index (χ3v) is 3.20. The molecule has 3 heteroatoms. The van der Waals surface area contributed by atoms with Gasteiger partial charge in [0.1, 0.15) is 10.7 Å². The lowest BCUT2D eigenvalue weighted by molar-refractivity contribution is 0.500. The number of hydrogen-bond acceptors (Lipinski definition) is 2. The SMILES string of the molecule is O=[SH](=O)CC1CCCCCC1. The zero-order chi connectivity index (χ0) is 8.10. The zero-order valence-corrected chi connectivity index (χ0v) is 7.69. The highest BCUT2D eigenvalue weighted by Gasteiger charge is 2.12.